The summed E-state index contributed by atoms with van der Waals surface area (Å²) in [6, 6.07) is 20.1. The van der Waals surface area contributed by atoms with Crippen LogP contribution in [0.25, 0.3) is 0 Å². The molecule has 0 bridgehead atoms. The summed E-state index contributed by atoms with van der Waals surface area (Å²) in [4.78, 5) is 0. The number of hydrogen-bond donors (Lipinski definition) is 2. The van der Waals surface area contributed by atoms with Crippen molar-refractivity contribution in [2.24, 2.45) is 11.8 Å². The molecule has 1 saturated carbocycles. The standard InChI is InChI=1S/C19H22N2/c20-21-19(11-15-10-14-8-4-5-9-16(14)15)18-12-17(18)13-6-2-1-3-7-13/h1-9,15,17-19,21H,10-12,20H2. The summed E-state index contributed by atoms with van der Waals surface area (Å²) < 4.78 is 0. The Labute approximate surface area is 126 Å². The molecular formula is C19H22N2. The lowest BCUT2D eigenvalue weighted by molar-refractivity contribution is 0.385. The Kier molecular flexibility index (Phi) is 3.28. The van der Waals surface area contributed by atoms with E-state index in [1.807, 2.05) is 0 Å². The number of rotatable bonds is 5. The van der Waals surface area contributed by atoms with Gasteiger partial charge in [0.25, 0.3) is 0 Å². The molecule has 2 aliphatic rings. The lowest BCUT2D eigenvalue weighted by Gasteiger charge is -2.33. The van der Waals surface area contributed by atoms with E-state index in [4.69, 9.17) is 5.84 Å². The van der Waals surface area contributed by atoms with E-state index >= 15 is 0 Å². The van der Waals surface area contributed by atoms with Gasteiger partial charge in [-0.15, -0.1) is 0 Å². The summed E-state index contributed by atoms with van der Waals surface area (Å²) in [5, 5.41) is 0. The first-order valence-electron chi connectivity index (χ1n) is 7.95. The fourth-order valence-corrected chi connectivity index (χ4v) is 3.99. The van der Waals surface area contributed by atoms with Crippen LogP contribution in [0.15, 0.2) is 54.6 Å². The molecule has 2 heteroatoms. The summed E-state index contributed by atoms with van der Waals surface area (Å²) in [5.74, 6) is 7.94. The molecule has 0 amide bonds. The first-order valence-corrected chi connectivity index (χ1v) is 7.95. The van der Waals surface area contributed by atoms with E-state index in [0.717, 1.165) is 0 Å². The zero-order valence-electron chi connectivity index (χ0n) is 12.2. The van der Waals surface area contributed by atoms with Gasteiger partial charge in [0.05, 0.1) is 0 Å². The molecule has 1 fully saturated rings. The van der Waals surface area contributed by atoms with E-state index in [9.17, 15) is 0 Å². The van der Waals surface area contributed by atoms with Gasteiger partial charge >= 0.3 is 0 Å². The summed E-state index contributed by atoms with van der Waals surface area (Å²) >= 11 is 0. The molecule has 0 aliphatic heterocycles. The number of hydrazine groups is 1. The lowest BCUT2D eigenvalue weighted by atomic mass is 9.74. The Morgan fingerprint density at radius 2 is 1.81 bits per heavy atom. The van der Waals surface area contributed by atoms with Crippen molar-refractivity contribution in [2.75, 3.05) is 0 Å². The Morgan fingerprint density at radius 3 is 2.57 bits per heavy atom. The topological polar surface area (TPSA) is 38.0 Å². The van der Waals surface area contributed by atoms with E-state index in [-0.39, 0.29) is 0 Å². The predicted molar refractivity (Wildman–Crippen MR) is 85.9 cm³/mol. The molecule has 2 nitrogen and oxygen atoms in total. The molecule has 2 aliphatic carbocycles. The summed E-state index contributed by atoms with van der Waals surface area (Å²) in [5.41, 5.74) is 7.62. The van der Waals surface area contributed by atoms with Gasteiger partial charge in [-0.3, -0.25) is 11.3 Å². The molecule has 0 spiro atoms. The molecule has 0 heterocycles. The van der Waals surface area contributed by atoms with E-state index in [1.165, 1.54) is 36.0 Å². The predicted octanol–water partition coefficient (Wildman–Crippen LogP) is 3.35. The van der Waals surface area contributed by atoms with Gasteiger partial charge in [-0.05, 0) is 53.7 Å². The zero-order valence-corrected chi connectivity index (χ0v) is 12.2. The second-order valence-corrected chi connectivity index (χ2v) is 6.53. The second kappa shape index (κ2) is 5.28. The largest absolute Gasteiger partial charge is 0.271 e. The van der Waals surface area contributed by atoms with Gasteiger partial charge in [-0.25, -0.2) is 0 Å². The minimum absolute atomic E-state index is 0.438. The number of benzene rings is 2. The highest BCUT2D eigenvalue weighted by molar-refractivity contribution is 5.40. The number of nitrogens with two attached hydrogens (primary N) is 1. The molecule has 0 radical (unpaired) electrons. The Morgan fingerprint density at radius 1 is 1.05 bits per heavy atom. The van der Waals surface area contributed by atoms with Gasteiger partial charge in [0.1, 0.15) is 0 Å². The Bertz CT molecular complexity index is 622. The van der Waals surface area contributed by atoms with Crippen LogP contribution in [0.2, 0.25) is 0 Å². The molecule has 2 aromatic rings. The van der Waals surface area contributed by atoms with E-state index in [1.54, 1.807) is 0 Å². The quantitative estimate of drug-likeness (QED) is 0.650. The minimum atomic E-state index is 0.438. The van der Waals surface area contributed by atoms with E-state index < -0.39 is 0 Å². The fourth-order valence-electron chi connectivity index (χ4n) is 3.99. The van der Waals surface area contributed by atoms with Crippen LogP contribution in [0.5, 0.6) is 0 Å². The summed E-state index contributed by atoms with van der Waals surface area (Å²) in [7, 11) is 0. The van der Waals surface area contributed by atoms with Gasteiger partial charge < -0.3 is 0 Å². The van der Waals surface area contributed by atoms with Crippen molar-refractivity contribution >= 4 is 0 Å². The zero-order chi connectivity index (χ0) is 14.2. The van der Waals surface area contributed by atoms with Crippen LogP contribution in [-0.2, 0) is 6.42 Å². The van der Waals surface area contributed by atoms with Gasteiger partial charge in [-0.2, -0.15) is 0 Å². The monoisotopic (exact) mass is 278 g/mol. The summed E-state index contributed by atoms with van der Waals surface area (Å²) in [6.45, 7) is 0. The summed E-state index contributed by atoms with van der Waals surface area (Å²) in [6.07, 6.45) is 3.66. The highest BCUT2D eigenvalue weighted by Gasteiger charge is 2.44. The molecule has 4 atom stereocenters. The van der Waals surface area contributed by atoms with Crippen LogP contribution in [0.3, 0.4) is 0 Å². The fraction of sp³-hybridized carbons (Fsp3) is 0.368. The first kappa shape index (κ1) is 13.1. The van der Waals surface area contributed by atoms with Crippen LogP contribution < -0.4 is 11.3 Å². The lowest BCUT2D eigenvalue weighted by Crippen LogP contribution is -2.39. The van der Waals surface area contributed by atoms with E-state index in [2.05, 4.69) is 60.0 Å². The van der Waals surface area contributed by atoms with Crippen LogP contribution in [0.4, 0.5) is 0 Å². The normalized spacial score (nSPS) is 27.6. The molecule has 0 saturated heterocycles. The third-order valence-corrected chi connectivity index (χ3v) is 5.30. The molecule has 2 aromatic carbocycles. The maximum absolute atomic E-state index is 5.85. The highest BCUT2D eigenvalue weighted by atomic mass is 15.2. The number of fused-ring (bicyclic) bond motifs is 1. The highest BCUT2D eigenvalue weighted by Crippen LogP contribution is 2.52. The maximum atomic E-state index is 5.85. The third-order valence-electron chi connectivity index (χ3n) is 5.30. The number of nitrogens with one attached hydrogen (secondary N) is 1. The molecule has 108 valence electrons. The second-order valence-electron chi connectivity index (χ2n) is 6.53. The van der Waals surface area contributed by atoms with Crippen LogP contribution >= 0.6 is 0 Å². The van der Waals surface area contributed by atoms with Gasteiger partial charge in [0.2, 0.25) is 0 Å². The van der Waals surface area contributed by atoms with Gasteiger partial charge in [0, 0.05) is 6.04 Å². The van der Waals surface area contributed by atoms with Crippen molar-refractivity contribution in [1.82, 2.24) is 5.43 Å². The molecule has 0 aromatic heterocycles. The van der Waals surface area contributed by atoms with Crippen LogP contribution in [0.1, 0.15) is 41.4 Å². The maximum Gasteiger partial charge on any atom is 0.0250 e. The SMILES string of the molecule is NNC(CC1Cc2ccccc21)C1CC1c1ccccc1. The van der Waals surface area contributed by atoms with Gasteiger partial charge in [-0.1, -0.05) is 54.6 Å². The molecule has 4 unspecified atom stereocenters. The van der Waals surface area contributed by atoms with Crippen molar-refractivity contribution in [3.05, 3.63) is 71.3 Å². The van der Waals surface area contributed by atoms with Crippen molar-refractivity contribution in [3.63, 3.8) is 0 Å². The Hall–Kier alpha value is -1.64. The van der Waals surface area contributed by atoms with Gasteiger partial charge in [0.15, 0.2) is 0 Å². The molecule has 3 N–H and O–H groups in total. The van der Waals surface area contributed by atoms with Crippen molar-refractivity contribution < 1.29 is 0 Å². The minimum Gasteiger partial charge on any atom is -0.271 e. The average Bonchev–Trinajstić information content (AvgIpc) is 3.30. The Balaban J connectivity index is 1.41. The number of hydrogen-bond acceptors (Lipinski definition) is 2. The van der Waals surface area contributed by atoms with Crippen molar-refractivity contribution in [1.29, 1.82) is 0 Å². The first-order chi connectivity index (χ1) is 10.4. The third kappa shape index (κ3) is 2.39. The van der Waals surface area contributed by atoms with Crippen molar-refractivity contribution in [2.45, 2.75) is 37.1 Å². The molecular weight excluding hydrogens is 256 g/mol. The molecule has 21 heavy (non-hydrogen) atoms. The van der Waals surface area contributed by atoms with Crippen molar-refractivity contribution in [3.8, 4) is 0 Å². The smallest absolute Gasteiger partial charge is 0.0250 e. The molecule has 4 rings (SSSR count). The van der Waals surface area contributed by atoms with Crippen LogP contribution in [-0.4, -0.2) is 6.04 Å². The average molecular weight is 278 g/mol. The van der Waals surface area contributed by atoms with E-state index in [0.29, 0.717) is 23.8 Å². The van der Waals surface area contributed by atoms with Crippen LogP contribution in [0, 0.1) is 5.92 Å².